The van der Waals surface area contributed by atoms with E-state index < -0.39 is 24.6 Å². The minimum Gasteiger partial charge on any atom is -0.480 e. The first kappa shape index (κ1) is 27.9. The van der Waals surface area contributed by atoms with Crippen molar-refractivity contribution < 1.29 is 24.2 Å². The van der Waals surface area contributed by atoms with Crippen molar-refractivity contribution in [3.05, 3.63) is 113 Å². The van der Waals surface area contributed by atoms with Gasteiger partial charge in [0.1, 0.15) is 6.54 Å². The second-order valence-corrected chi connectivity index (χ2v) is 9.90. The van der Waals surface area contributed by atoms with Crippen LogP contribution < -0.4 is 10.2 Å². The number of carboxylic acids is 1. The molecule has 1 aromatic heterocycles. The first-order chi connectivity index (χ1) is 19.9. The van der Waals surface area contributed by atoms with Gasteiger partial charge in [0.05, 0.1) is 35.5 Å². The highest BCUT2D eigenvalue weighted by Crippen LogP contribution is 2.31. The van der Waals surface area contributed by atoms with E-state index >= 15 is 0 Å². The van der Waals surface area contributed by atoms with Crippen molar-refractivity contribution in [3.63, 3.8) is 0 Å². The number of fused-ring (bicyclic) bond motifs is 1. The molecule has 2 heterocycles. The van der Waals surface area contributed by atoms with E-state index in [9.17, 15) is 14.4 Å². The molecule has 0 saturated carbocycles. The second kappa shape index (κ2) is 12.7. The summed E-state index contributed by atoms with van der Waals surface area (Å²) in [5.74, 6) is -1.49. The van der Waals surface area contributed by atoms with Crippen molar-refractivity contribution in [3.8, 4) is 5.69 Å². The van der Waals surface area contributed by atoms with E-state index in [1.54, 1.807) is 46.2 Å². The number of amides is 3. The van der Waals surface area contributed by atoms with E-state index in [1.165, 1.54) is 4.90 Å². The molecule has 1 aliphatic heterocycles. The molecule has 1 aliphatic rings. The van der Waals surface area contributed by atoms with Crippen LogP contribution in [0.2, 0.25) is 5.02 Å². The first-order valence-electron chi connectivity index (χ1n) is 13.0. The molecular formula is C30H28ClN5O5. The maximum Gasteiger partial charge on any atom is 0.323 e. The van der Waals surface area contributed by atoms with Gasteiger partial charge in [-0.25, -0.2) is 9.48 Å². The molecule has 3 amide bonds. The molecule has 11 heteroatoms. The fraction of sp³-hybridized carbons (Fsp3) is 0.200. The van der Waals surface area contributed by atoms with Gasteiger partial charge >= 0.3 is 12.0 Å². The lowest BCUT2D eigenvalue weighted by atomic mass is 10.1. The number of halogens is 1. The van der Waals surface area contributed by atoms with Crippen molar-refractivity contribution >= 4 is 35.2 Å². The van der Waals surface area contributed by atoms with E-state index in [-0.39, 0.29) is 30.6 Å². The SMILES string of the molecule is O=C(O)CNC(=O)N1Cc2ccccc2N(C(=O)c2ccc(-n3cccn3)cc2Cl)C[C@H]1COCc1ccccc1. The van der Waals surface area contributed by atoms with Crippen molar-refractivity contribution in [1.29, 1.82) is 0 Å². The average molecular weight is 574 g/mol. The van der Waals surface area contributed by atoms with Gasteiger partial charge in [-0.05, 0) is 41.5 Å². The van der Waals surface area contributed by atoms with E-state index in [2.05, 4.69) is 10.4 Å². The summed E-state index contributed by atoms with van der Waals surface area (Å²) >= 11 is 6.62. The summed E-state index contributed by atoms with van der Waals surface area (Å²) in [6, 6.07) is 22.7. The molecule has 0 aliphatic carbocycles. The number of carbonyl (C=O) groups excluding carboxylic acids is 2. The maximum absolute atomic E-state index is 14.0. The minimum absolute atomic E-state index is 0.0996. The molecule has 0 radical (unpaired) electrons. The summed E-state index contributed by atoms with van der Waals surface area (Å²) in [6.07, 6.45) is 3.43. The van der Waals surface area contributed by atoms with Crippen LogP contribution in [-0.2, 0) is 22.7 Å². The summed E-state index contributed by atoms with van der Waals surface area (Å²) in [6.45, 7) is 0.136. The van der Waals surface area contributed by atoms with Crippen LogP contribution in [0.3, 0.4) is 0 Å². The third-order valence-corrected chi connectivity index (χ3v) is 7.04. The number of rotatable bonds is 8. The number of hydrogen-bond donors (Lipinski definition) is 2. The molecule has 2 N–H and O–H groups in total. The fourth-order valence-corrected chi connectivity index (χ4v) is 4.98. The number of nitrogens with zero attached hydrogens (tertiary/aromatic N) is 4. The zero-order chi connectivity index (χ0) is 28.8. The molecule has 4 aromatic rings. The van der Waals surface area contributed by atoms with Gasteiger partial charge in [0.25, 0.3) is 5.91 Å². The standard InChI is InChI=1S/C30H28ClN5O5/c31-26-15-23(36-14-6-13-33-36)11-12-25(26)29(39)35-18-24(20-41-19-21-7-2-1-3-8-21)34(30(40)32-16-28(37)38)17-22-9-4-5-10-27(22)35/h1-15,24H,16-20H2,(H,32,40)(H,37,38)/t24-/m0/s1. The second-order valence-electron chi connectivity index (χ2n) is 9.49. The third-order valence-electron chi connectivity index (χ3n) is 6.73. The Labute approximate surface area is 241 Å². The van der Waals surface area contributed by atoms with E-state index in [0.29, 0.717) is 23.5 Å². The van der Waals surface area contributed by atoms with Gasteiger partial charge in [0, 0.05) is 31.2 Å². The number of para-hydroxylation sites is 1. The predicted octanol–water partition coefficient (Wildman–Crippen LogP) is 4.37. The Balaban J connectivity index is 1.46. The zero-order valence-electron chi connectivity index (χ0n) is 22.0. The number of aromatic nitrogens is 2. The molecule has 10 nitrogen and oxygen atoms in total. The molecule has 0 fully saturated rings. The predicted molar refractivity (Wildman–Crippen MR) is 153 cm³/mol. The molecule has 0 spiro atoms. The van der Waals surface area contributed by atoms with Crippen LogP contribution in [0.5, 0.6) is 0 Å². The van der Waals surface area contributed by atoms with Crippen LogP contribution in [0.4, 0.5) is 10.5 Å². The summed E-state index contributed by atoms with van der Waals surface area (Å²) in [4.78, 5) is 41.6. The summed E-state index contributed by atoms with van der Waals surface area (Å²) in [5, 5.41) is 16.1. The van der Waals surface area contributed by atoms with Crippen LogP contribution in [0.1, 0.15) is 21.5 Å². The highest BCUT2D eigenvalue weighted by Gasteiger charge is 2.34. The summed E-state index contributed by atoms with van der Waals surface area (Å²) < 4.78 is 7.67. The monoisotopic (exact) mass is 573 g/mol. The van der Waals surface area contributed by atoms with Crippen molar-refractivity contribution in [2.75, 3.05) is 24.6 Å². The Morgan fingerprint density at radius 2 is 1.80 bits per heavy atom. The van der Waals surface area contributed by atoms with Gasteiger partial charge in [-0.15, -0.1) is 0 Å². The number of aliphatic carboxylic acids is 1. The molecule has 0 saturated heterocycles. The number of carbonyl (C=O) groups is 3. The number of hydrogen-bond acceptors (Lipinski definition) is 5. The van der Waals surface area contributed by atoms with Crippen LogP contribution in [0.15, 0.2) is 91.3 Å². The Hall–Kier alpha value is -4.67. The van der Waals surface area contributed by atoms with Gasteiger partial charge in [-0.2, -0.15) is 5.10 Å². The fourth-order valence-electron chi connectivity index (χ4n) is 4.73. The van der Waals surface area contributed by atoms with Crippen LogP contribution in [0.25, 0.3) is 5.69 Å². The first-order valence-corrected chi connectivity index (χ1v) is 13.4. The Kier molecular flexibility index (Phi) is 8.61. The molecule has 41 heavy (non-hydrogen) atoms. The van der Waals surface area contributed by atoms with Gasteiger partial charge < -0.3 is 25.0 Å². The molecule has 3 aromatic carbocycles. The zero-order valence-corrected chi connectivity index (χ0v) is 22.8. The van der Waals surface area contributed by atoms with Crippen LogP contribution in [-0.4, -0.2) is 63.4 Å². The lowest BCUT2D eigenvalue weighted by Crippen LogP contribution is -2.52. The normalized spacial score (nSPS) is 14.7. The van der Waals surface area contributed by atoms with Gasteiger partial charge in [-0.1, -0.05) is 60.1 Å². The lowest BCUT2D eigenvalue weighted by molar-refractivity contribution is -0.135. The van der Waals surface area contributed by atoms with Crippen LogP contribution in [0, 0.1) is 0 Å². The van der Waals surface area contributed by atoms with E-state index in [0.717, 1.165) is 11.1 Å². The summed E-state index contributed by atoms with van der Waals surface area (Å²) in [5.41, 5.74) is 3.32. The minimum atomic E-state index is -1.16. The number of benzene rings is 3. The summed E-state index contributed by atoms with van der Waals surface area (Å²) in [7, 11) is 0. The molecule has 5 rings (SSSR count). The molecule has 210 valence electrons. The van der Waals surface area contributed by atoms with Gasteiger partial charge in [0.15, 0.2) is 0 Å². The maximum atomic E-state index is 14.0. The molecular weight excluding hydrogens is 546 g/mol. The average Bonchev–Trinajstić information content (AvgIpc) is 3.47. The topological polar surface area (TPSA) is 117 Å². The quantitative estimate of drug-likeness (QED) is 0.323. The third kappa shape index (κ3) is 6.56. The number of nitrogens with one attached hydrogen (secondary N) is 1. The highest BCUT2D eigenvalue weighted by molar-refractivity contribution is 6.34. The Morgan fingerprint density at radius 1 is 1.02 bits per heavy atom. The largest absolute Gasteiger partial charge is 0.480 e. The van der Waals surface area contributed by atoms with Gasteiger partial charge in [-0.3, -0.25) is 9.59 Å². The lowest BCUT2D eigenvalue weighted by Gasteiger charge is -2.32. The Morgan fingerprint density at radius 3 is 2.54 bits per heavy atom. The van der Waals surface area contributed by atoms with Crippen LogP contribution >= 0.6 is 11.6 Å². The smallest absolute Gasteiger partial charge is 0.323 e. The van der Waals surface area contributed by atoms with E-state index in [1.807, 2.05) is 54.6 Å². The molecule has 0 unspecified atom stereocenters. The van der Waals surface area contributed by atoms with Gasteiger partial charge in [0.2, 0.25) is 0 Å². The van der Waals surface area contributed by atoms with E-state index in [4.69, 9.17) is 21.4 Å². The molecule has 0 bridgehead atoms. The molecule has 1 atom stereocenters. The highest BCUT2D eigenvalue weighted by atomic mass is 35.5. The number of urea groups is 1. The van der Waals surface area contributed by atoms with Crippen molar-refractivity contribution in [2.24, 2.45) is 0 Å². The Bertz CT molecular complexity index is 1530. The number of carboxylic acid groups (broad SMARTS) is 1. The van der Waals surface area contributed by atoms with Crippen molar-refractivity contribution in [2.45, 2.75) is 19.2 Å². The number of anilines is 1. The van der Waals surface area contributed by atoms with Crippen molar-refractivity contribution in [1.82, 2.24) is 20.0 Å². The number of ether oxygens (including phenoxy) is 1.